The van der Waals surface area contributed by atoms with Crippen LogP contribution < -0.4 is 0 Å². The molecule has 0 spiro atoms. The lowest BCUT2D eigenvalue weighted by molar-refractivity contribution is 0.0860. The normalized spacial score (nSPS) is 12.2. The molecule has 0 bridgehead atoms. The van der Waals surface area contributed by atoms with E-state index in [9.17, 15) is 0 Å². The maximum atomic E-state index is 8.91. The van der Waals surface area contributed by atoms with Gasteiger partial charge in [-0.05, 0) is 25.2 Å². The van der Waals surface area contributed by atoms with Gasteiger partial charge < -0.3 is 20.4 Å². The Balaban J connectivity index is 0. The first kappa shape index (κ1) is 20.2. The molecule has 0 aliphatic rings. The van der Waals surface area contributed by atoms with E-state index in [2.05, 4.69) is 6.92 Å². The van der Waals surface area contributed by atoms with Crippen LogP contribution in [-0.2, 0) is 0 Å². The molecule has 0 saturated carbocycles. The molecule has 1 unspecified atom stereocenters. The van der Waals surface area contributed by atoms with E-state index in [-0.39, 0.29) is 19.8 Å². The van der Waals surface area contributed by atoms with Gasteiger partial charge in [-0.15, -0.1) is 0 Å². The second-order valence-electron chi connectivity index (χ2n) is 4.82. The molecule has 0 saturated heterocycles. The fraction of sp³-hybridized carbons (Fsp3) is 1.00. The molecule has 0 rings (SSSR count). The van der Waals surface area contributed by atoms with Gasteiger partial charge in [-0.25, -0.2) is 0 Å². The molecular weight excluding hydrogens is 232 g/mol. The Morgan fingerprint density at radius 3 is 1.78 bits per heavy atom. The Morgan fingerprint density at radius 1 is 0.833 bits per heavy atom. The van der Waals surface area contributed by atoms with Gasteiger partial charge in [0, 0.05) is 13.2 Å². The van der Waals surface area contributed by atoms with Crippen molar-refractivity contribution in [2.45, 2.75) is 64.9 Å². The van der Waals surface area contributed by atoms with E-state index in [0.717, 1.165) is 25.7 Å². The predicted octanol–water partition coefficient (Wildman–Crippen LogP) is 1.70. The Kier molecular flexibility index (Phi) is 18.9. The van der Waals surface area contributed by atoms with Gasteiger partial charge in [0.15, 0.2) is 0 Å². The van der Waals surface area contributed by atoms with Gasteiger partial charge >= 0.3 is 0 Å². The van der Waals surface area contributed by atoms with Crippen molar-refractivity contribution >= 4 is 0 Å². The third-order valence-electron chi connectivity index (χ3n) is 2.85. The predicted molar refractivity (Wildman–Crippen MR) is 74.4 cm³/mol. The van der Waals surface area contributed by atoms with E-state index in [1.54, 1.807) is 0 Å². The monoisotopic (exact) mass is 264 g/mol. The summed E-state index contributed by atoms with van der Waals surface area (Å²) in [6.07, 6.45) is 6.53. The largest absolute Gasteiger partial charge is 0.396 e. The molecule has 0 aliphatic heterocycles. The number of aliphatic hydroxyl groups excluding tert-OH is 4. The van der Waals surface area contributed by atoms with E-state index in [4.69, 9.17) is 20.4 Å². The fourth-order valence-corrected chi connectivity index (χ4v) is 1.48. The number of hydrogen-bond donors (Lipinski definition) is 4. The molecule has 18 heavy (non-hydrogen) atoms. The third-order valence-corrected chi connectivity index (χ3v) is 2.85. The van der Waals surface area contributed by atoms with Crippen LogP contribution in [0.5, 0.6) is 0 Å². The van der Waals surface area contributed by atoms with Crippen molar-refractivity contribution in [3.8, 4) is 0 Å². The van der Waals surface area contributed by atoms with Gasteiger partial charge in [0.2, 0.25) is 0 Å². The molecule has 1 atom stereocenters. The van der Waals surface area contributed by atoms with Crippen LogP contribution in [0.2, 0.25) is 0 Å². The molecule has 0 radical (unpaired) electrons. The smallest absolute Gasteiger partial charge is 0.0770 e. The Morgan fingerprint density at radius 2 is 1.39 bits per heavy atom. The number of hydrogen-bond acceptors (Lipinski definition) is 4. The Bertz CT molecular complexity index is 136. The van der Waals surface area contributed by atoms with E-state index in [1.165, 1.54) is 19.3 Å². The summed E-state index contributed by atoms with van der Waals surface area (Å²) in [6.45, 7) is 4.56. The van der Waals surface area contributed by atoms with Crippen molar-refractivity contribution in [3.05, 3.63) is 0 Å². The van der Waals surface area contributed by atoms with Crippen LogP contribution in [0.15, 0.2) is 0 Å². The quantitative estimate of drug-likeness (QED) is 0.453. The molecule has 112 valence electrons. The molecule has 0 heterocycles. The summed E-state index contributed by atoms with van der Waals surface area (Å²) in [5.41, 5.74) is 0. The van der Waals surface area contributed by atoms with E-state index >= 15 is 0 Å². The third kappa shape index (κ3) is 18.2. The molecule has 0 aromatic rings. The standard InChI is InChI=1S/C8H18O2.C6H14O2/c1-2-3-4-5-6-8(10)7-9;1-6(2-4-7)3-5-8/h8-10H,2-7H2,1H3;6-8H,2-5H2,1H3. The van der Waals surface area contributed by atoms with Crippen molar-refractivity contribution in [2.75, 3.05) is 19.8 Å². The minimum absolute atomic E-state index is 0.0911. The lowest BCUT2D eigenvalue weighted by Gasteiger charge is -2.04. The van der Waals surface area contributed by atoms with Crippen molar-refractivity contribution < 1.29 is 20.4 Å². The first-order chi connectivity index (χ1) is 8.62. The average Bonchev–Trinajstić information content (AvgIpc) is 2.36. The molecule has 0 aliphatic carbocycles. The number of aliphatic hydroxyl groups is 4. The van der Waals surface area contributed by atoms with Crippen LogP contribution in [-0.4, -0.2) is 46.4 Å². The van der Waals surface area contributed by atoms with Gasteiger partial charge in [0.25, 0.3) is 0 Å². The molecule has 4 N–H and O–H groups in total. The summed E-state index contributed by atoms with van der Waals surface area (Å²) in [5, 5.41) is 34.1. The van der Waals surface area contributed by atoms with E-state index in [0.29, 0.717) is 5.92 Å². The van der Waals surface area contributed by atoms with Gasteiger partial charge in [0.05, 0.1) is 12.7 Å². The summed E-state index contributed by atoms with van der Waals surface area (Å²) in [4.78, 5) is 0. The summed E-state index contributed by atoms with van der Waals surface area (Å²) < 4.78 is 0. The summed E-state index contributed by atoms with van der Waals surface area (Å²) in [5.74, 6) is 0.463. The molecule has 0 aromatic heterocycles. The highest BCUT2D eigenvalue weighted by Crippen LogP contribution is 2.04. The van der Waals surface area contributed by atoms with Crippen molar-refractivity contribution in [3.63, 3.8) is 0 Å². The maximum Gasteiger partial charge on any atom is 0.0770 e. The van der Waals surface area contributed by atoms with Crippen LogP contribution in [0.1, 0.15) is 58.8 Å². The summed E-state index contributed by atoms with van der Waals surface area (Å²) >= 11 is 0. The zero-order valence-electron chi connectivity index (χ0n) is 12.0. The van der Waals surface area contributed by atoms with Crippen LogP contribution in [0.25, 0.3) is 0 Å². The zero-order chi connectivity index (χ0) is 14.2. The second kappa shape index (κ2) is 16.8. The van der Waals surface area contributed by atoms with Crippen molar-refractivity contribution in [1.29, 1.82) is 0 Å². The molecule has 0 fully saturated rings. The van der Waals surface area contributed by atoms with Gasteiger partial charge in [-0.2, -0.15) is 0 Å². The molecular formula is C14H32O4. The average molecular weight is 264 g/mol. The van der Waals surface area contributed by atoms with Crippen molar-refractivity contribution in [2.24, 2.45) is 5.92 Å². The topological polar surface area (TPSA) is 80.9 Å². The number of unbranched alkanes of at least 4 members (excludes halogenated alkanes) is 3. The van der Waals surface area contributed by atoms with E-state index in [1.807, 2.05) is 6.92 Å². The van der Waals surface area contributed by atoms with Gasteiger partial charge in [-0.1, -0.05) is 39.5 Å². The fourth-order valence-electron chi connectivity index (χ4n) is 1.48. The van der Waals surface area contributed by atoms with Crippen LogP contribution in [0, 0.1) is 5.92 Å². The van der Waals surface area contributed by atoms with E-state index < -0.39 is 6.10 Å². The summed E-state index contributed by atoms with van der Waals surface area (Å²) in [7, 11) is 0. The molecule has 4 nitrogen and oxygen atoms in total. The second-order valence-corrected chi connectivity index (χ2v) is 4.82. The maximum absolute atomic E-state index is 8.91. The van der Waals surface area contributed by atoms with Crippen LogP contribution >= 0.6 is 0 Å². The SMILES string of the molecule is CC(CCO)CCO.CCCCCCC(O)CO. The molecule has 0 amide bonds. The molecule has 0 aromatic carbocycles. The highest BCUT2D eigenvalue weighted by Gasteiger charge is 1.99. The minimum Gasteiger partial charge on any atom is -0.396 e. The van der Waals surface area contributed by atoms with Gasteiger partial charge in [-0.3, -0.25) is 0 Å². The van der Waals surface area contributed by atoms with Crippen LogP contribution in [0.3, 0.4) is 0 Å². The zero-order valence-corrected chi connectivity index (χ0v) is 12.0. The van der Waals surface area contributed by atoms with Gasteiger partial charge in [0.1, 0.15) is 0 Å². The highest BCUT2D eigenvalue weighted by atomic mass is 16.3. The van der Waals surface area contributed by atoms with Crippen LogP contribution in [0.4, 0.5) is 0 Å². The first-order valence-corrected chi connectivity index (χ1v) is 7.12. The highest BCUT2D eigenvalue weighted by molar-refractivity contribution is 4.52. The van der Waals surface area contributed by atoms with Crippen molar-refractivity contribution in [1.82, 2.24) is 0 Å². The minimum atomic E-state index is -0.489. The lowest BCUT2D eigenvalue weighted by atomic mass is 10.1. The lowest BCUT2D eigenvalue weighted by Crippen LogP contribution is -2.10. The molecule has 4 heteroatoms. The Hall–Kier alpha value is -0.160. The first-order valence-electron chi connectivity index (χ1n) is 7.12. The summed E-state index contributed by atoms with van der Waals surface area (Å²) in [6, 6.07) is 0. The Labute approximate surface area is 112 Å². The number of rotatable bonds is 10.